The van der Waals surface area contributed by atoms with Gasteiger partial charge in [-0.3, -0.25) is 9.59 Å². The molecule has 0 spiro atoms. The zero-order valence-corrected chi connectivity index (χ0v) is 23.0. The van der Waals surface area contributed by atoms with Crippen LogP contribution in [0.5, 0.6) is 5.75 Å². The van der Waals surface area contributed by atoms with Crippen LogP contribution < -0.4 is 14.8 Å². The van der Waals surface area contributed by atoms with Crippen LogP contribution >= 0.6 is 0 Å². The molecule has 0 heterocycles. The van der Waals surface area contributed by atoms with E-state index in [1.54, 1.807) is 62.6 Å². The molecule has 0 bridgehead atoms. The van der Waals surface area contributed by atoms with E-state index in [-0.39, 0.29) is 43.5 Å². The number of sulfonamides is 1. The number of benzene rings is 3. The molecule has 10 heteroatoms. The Balaban J connectivity index is 1.88. The molecule has 0 aromatic heterocycles. The minimum Gasteiger partial charge on any atom is -0.497 e. The van der Waals surface area contributed by atoms with Crippen LogP contribution in [0.1, 0.15) is 36.1 Å². The Hall–Kier alpha value is -3.73. The molecule has 0 aliphatic heterocycles. The number of aliphatic hydroxyl groups excluding tert-OH is 1. The van der Waals surface area contributed by atoms with E-state index in [0.717, 1.165) is 11.1 Å². The molecule has 208 valence electrons. The number of rotatable bonds is 14. The molecule has 0 saturated carbocycles. The van der Waals surface area contributed by atoms with Crippen molar-refractivity contribution in [1.82, 2.24) is 14.9 Å². The number of ether oxygens (including phenoxy) is 1. The molecule has 2 amide bonds. The molecule has 0 aliphatic rings. The van der Waals surface area contributed by atoms with Crippen LogP contribution in [0.2, 0.25) is 0 Å². The molecule has 3 aromatic carbocycles. The quantitative estimate of drug-likeness (QED) is 0.282. The Bertz CT molecular complexity index is 1310. The summed E-state index contributed by atoms with van der Waals surface area (Å²) in [5.74, 6) is 0.0368. The Kier molecular flexibility index (Phi) is 11.0. The van der Waals surface area contributed by atoms with E-state index in [4.69, 9.17) is 4.74 Å². The zero-order chi connectivity index (χ0) is 28.3. The summed E-state index contributed by atoms with van der Waals surface area (Å²) in [6.07, 6.45) is 0.464. The highest BCUT2D eigenvalue weighted by atomic mass is 32.2. The molecular formula is C29H35N3O6S. The first-order chi connectivity index (χ1) is 18.8. The maximum atomic E-state index is 13.7. The largest absolute Gasteiger partial charge is 0.497 e. The fourth-order valence-electron chi connectivity index (χ4n) is 4.14. The van der Waals surface area contributed by atoms with Crippen LogP contribution in [0, 0.1) is 0 Å². The van der Waals surface area contributed by atoms with Gasteiger partial charge in [-0.15, -0.1) is 0 Å². The van der Waals surface area contributed by atoms with Gasteiger partial charge in [-0.05, 0) is 47.4 Å². The van der Waals surface area contributed by atoms with Crippen molar-refractivity contribution in [2.45, 2.75) is 37.2 Å². The number of aliphatic hydroxyl groups is 1. The van der Waals surface area contributed by atoms with Crippen LogP contribution in [0.4, 0.5) is 0 Å². The normalized spacial score (nSPS) is 12.0. The molecule has 39 heavy (non-hydrogen) atoms. The molecule has 3 aromatic rings. The lowest BCUT2D eigenvalue weighted by Crippen LogP contribution is -2.44. The van der Waals surface area contributed by atoms with E-state index in [9.17, 15) is 23.1 Å². The van der Waals surface area contributed by atoms with Crippen molar-refractivity contribution in [3.8, 4) is 5.75 Å². The lowest BCUT2D eigenvalue weighted by atomic mass is 10.0. The summed E-state index contributed by atoms with van der Waals surface area (Å²) >= 11 is 0. The molecule has 9 nitrogen and oxygen atoms in total. The highest BCUT2D eigenvalue weighted by Gasteiger charge is 2.31. The number of carbonyl (C=O) groups is 2. The molecular weight excluding hydrogens is 518 g/mol. The van der Waals surface area contributed by atoms with Gasteiger partial charge in [-0.1, -0.05) is 61.5 Å². The lowest BCUT2D eigenvalue weighted by molar-refractivity contribution is -0.141. The third-order valence-corrected chi connectivity index (χ3v) is 7.68. The average molecular weight is 554 g/mol. The number of nitrogens with zero attached hydrogens (tertiary/aromatic N) is 1. The topological polar surface area (TPSA) is 125 Å². The highest BCUT2D eigenvalue weighted by Crippen LogP contribution is 2.26. The fourth-order valence-corrected chi connectivity index (χ4v) is 5.18. The smallest absolute Gasteiger partial charge is 0.247 e. The van der Waals surface area contributed by atoms with Gasteiger partial charge in [-0.2, -0.15) is 0 Å². The van der Waals surface area contributed by atoms with Crippen LogP contribution in [0.3, 0.4) is 0 Å². The molecule has 0 aliphatic carbocycles. The second-order valence-electron chi connectivity index (χ2n) is 8.84. The van der Waals surface area contributed by atoms with Crippen molar-refractivity contribution in [1.29, 1.82) is 0 Å². The van der Waals surface area contributed by atoms with Gasteiger partial charge in [-0.25, -0.2) is 13.1 Å². The fraction of sp³-hybridized carbons (Fsp3) is 0.310. The number of nitrogens with one attached hydrogen (secondary N) is 2. The summed E-state index contributed by atoms with van der Waals surface area (Å²) in [7, 11) is -1.99. The van der Waals surface area contributed by atoms with Crippen molar-refractivity contribution in [3.63, 3.8) is 0 Å². The number of carbonyl (C=O) groups excluding carboxylic acids is 2. The minimum absolute atomic E-state index is 0.0644. The van der Waals surface area contributed by atoms with Gasteiger partial charge >= 0.3 is 0 Å². The first-order valence-electron chi connectivity index (χ1n) is 12.7. The second kappa shape index (κ2) is 14.4. The zero-order valence-electron chi connectivity index (χ0n) is 22.2. The van der Waals surface area contributed by atoms with Crippen molar-refractivity contribution >= 4 is 21.8 Å². The van der Waals surface area contributed by atoms with Gasteiger partial charge in [0.1, 0.15) is 11.8 Å². The third-order valence-electron chi connectivity index (χ3n) is 6.11. The van der Waals surface area contributed by atoms with Crippen LogP contribution in [-0.2, 0) is 32.6 Å². The van der Waals surface area contributed by atoms with Gasteiger partial charge < -0.3 is 20.1 Å². The number of hydrogen-bond donors (Lipinski definition) is 3. The number of aryl methyl sites for hydroxylation is 1. The van der Waals surface area contributed by atoms with Crippen molar-refractivity contribution in [2.75, 3.05) is 26.8 Å². The maximum absolute atomic E-state index is 13.7. The third kappa shape index (κ3) is 8.38. The monoisotopic (exact) mass is 553 g/mol. The predicted molar refractivity (Wildman–Crippen MR) is 148 cm³/mol. The van der Waals surface area contributed by atoms with Crippen molar-refractivity contribution in [3.05, 3.63) is 95.6 Å². The second-order valence-corrected chi connectivity index (χ2v) is 10.6. The van der Waals surface area contributed by atoms with E-state index < -0.39 is 22.0 Å². The standard InChI is InChI=1S/C29H35N3O6S/c1-3-31-39(36,37)26-16-11-22(12-17-26)13-18-27(34)32(21-23-9-14-25(38-2)15-10-23)28(29(35)30-19-20-33)24-7-5-4-6-8-24/h4-12,14-17,28,31,33H,3,13,18-21H2,1-2H3,(H,30,35). The average Bonchev–Trinajstić information content (AvgIpc) is 2.95. The lowest BCUT2D eigenvalue weighted by Gasteiger charge is -2.32. The Morgan fingerprint density at radius 3 is 2.18 bits per heavy atom. The molecule has 3 rings (SSSR count). The highest BCUT2D eigenvalue weighted by molar-refractivity contribution is 7.89. The van der Waals surface area contributed by atoms with E-state index in [1.807, 2.05) is 18.2 Å². The summed E-state index contributed by atoms with van der Waals surface area (Å²) in [5, 5.41) is 12.0. The molecule has 3 N–H and O–H groups in total. The Labute approximate surface area is 229 Å². The first-order valence-corrected chi connectivity index (χ1v) is 14.2. The van der Waals surface area contributed by atoms with Gasteiger partial charge in [0.15, 0.2) is 0 Å². The Morgan fingerprint density at radius 1 is 0.949 bits per heavy atom. The SMILES string of the molecule is CCNS(=O)(=O)c1ccc(CCC(=O)N(Cc2ccc(OC)cc2)C(C(=O)NCCO)c2ccccc2)cc1. The summed E-state index contributed by atoms with van der Waals surface area (Å²) in [5.41, 5.74) is 2.26. The summed E-state index contributed by atoms with van der Waals surface area (Å²) in [6.45, 7) is 2.02. The summed E-state index contributed by atoms with van der Waals surface area (Å²) < 4.78 is 32.2. The van der Waals surface area contributed by atoms with Gasteiger partial charge in [0.05, 0.1) is 18.6 Å². The summed E-state index contributed by atoms with van der Waals surface area (Å²) in [4.78, 5) is 28.7. The van der Waals surface area contributed by atoms with E-state index in [0.29, 0.717) is 17.7 Å². The van der Waals surface area contributed by atoms with Crippen molar-refractivity contribution in [2.24, 2.45) is 0 Å². The van der Waals surface area contributed by atoms with Crippen LogP contribution in [-0.4, -0.2) is 57.0 Å². The van der Waals surface area contributed by atoms with Gasteiger partial charge in [0, 0.05) is 26.1 Å². The molecule has 1 atom stereocenters. The van der Waals surface area contributed by atoms with E-state index in [1.165, 1.54) is 17.0 Å². The first kappa shape index (κ1) is 29.8. The van der Waals surface area contributed by atoms with E-state index in [2.05, 4.69) is 10.0 Å². The molecule has 0 fully saturated rings. The van der Waals surface area contributed by atoms with Crippen molar-refractivity contribution < 1.29 is 27.9 Å². The molecule has 0 radical (unpaired) electrons. The van der Waals surface area contributed by atoms with Gasteiger partial charge in [0.25, 0.3) is 0 Å². The predicted octanol–water partition coefficient (Wildman–Crippen LogP) is 2.80. The number of methoxy groups -OCH3 is 1. The molecule has 0 saturated heterocycles. The molecule has 1 unspecified atom stereocenters. The van der Waals surface area contributed by atoms with Crippen LogP contribution in [0.15, 0.2) is 83.8 Å². The number of amides is 2. The minimum atomic E-state index is -3.57. The van der Waals surface area contributed by atoms with Gasteiger partial charge in [0.2, 0.25) is 21.8 Å². The maximum Gasteiger partial charge on any atom is 0.247 e. The summed E-state index contributed by atoms with van der Waals surface area (Å²) in [6, 6.07) is 21.8. The number of hydrogen-bond acceptors (Lipinski definition) is 6. The van der Waals surface area contributed by atoms with E-state index >= 15 is 0 Å². The van der Waals surface area contributed by atoms with Crippen LogP contribution in [0.25, 0.3) is 0 Å². The Morgan fingerprint density at radius 2 is 1.59 bits per heavy atom.